The Labute approximate surface area is 260 Å². The van der Waals surface area contributed by atoms with E-state index in [1.165, 1.54) is 53.8 Å². The van der Waals surface area contributed by atoms with E-state index in [0.29, 0.717) is 35.8 Å². The SMILES string of the molecule is C/C=C1\NC(=O)c2csc(n2)CNC(=O)C[C@@H](/C=C/CCSC(=O)CCCCCCC)OC(=O)[C@H](CCSC)NC1=O. The van der Waals surface area contributed by atoms with Crippen LogP contribution in [0.25, 0.3) is 0 Å². The Hall–Kier alpha value is -2.64. The predicted octanol–water partition coefficient (Wildman–Crippen LogP) is 4.51. The van der Waals surface area contributed by atoms with E-state index in [0.717, 1.165) is 19.3 Å². The maximum absolute atomic E-state index is 13.2. The second-order valence-corrected chi connectivity index (χ2v) is 12.7. The molecule has 42 heavy (non-hydrogen) atoms. The highest BCUT2D eigenvalue weighted by Crippen LogP contribution is 2.15. The van der Waals surface area contributed by atoms with Crippen LogP contribution in [0.3, 0.4) is 0 Å². The summed E-state index contributed by atoms with van der Waals surface area (Å²) in [4.78, 5) is 67.9. The number of cyclic esters (lactones) is 1. The molecule has 0 aromatic carbocycles. The van der Waals surface area contributed by atoms with E-state index in [-0.39, 0.29) is 35.4 Å². The molecule has 3 amide bonds. The van der Waals surface area contributed by atoms with Gasteiger partial charge in [0.1, 0.15) is 28.5 Å². The average molecular weight is 639 g/mol. The van der Waals surface area contributed by atoms with Crippen molar-refractivity contribution in [3.8, 4) is 0 Å². The molecular weight excluding hydrogens is 597 g/mol. The van der Waals surface area contributed by atoms with Crippen molar-refractivity contribution in [2.24, 2.45) is 0 Å². The molecule has 0 radical (unpaired) electrons. The third kappa shape index (κ3) is 13.6. The van der Waals surface area contributed by atoms with Gasteiger partial charge in [0, 0.05) is 17.6 Å². The molecule has 2 heterocycles. The maximum Gasteiger partial charge on any atom is 0.329 e. The van der Waals surface area contributed by atoms with Crippen LogP contribution in [-0.2, 0) is 30.5 Å². The molecule has 0 saturated carbocycles. The summed E-state index contributed by atoms with van der Waals surface area (Å²) in [5, 5.41) is 10.2. The quantitative estimate of drug-likeness (QED) is 0.123. The Bertz CT molecular complexity index is 1120. The third-order valence-electron chi connectivity index (χ3n) is 6.24. The van der Waals surface area contributed by atoms with Gasteiger partial charge in [-0.15, -0.1) is 11.3 Å². The summed E-state index contributed by atoms with van der Waals surface area (Å²) in [6.07, 6.45) is 12.7. The molecular formula is C29H42N4O6S3. The lowest BCUT2D eigenvalue weighted by atomic mass is 10.1. The summed E-state index contributed by atoms with van der Waals surface area (Å²) in [6, 6.07) is -0.986. The minimum absolute atomic E-state index is 0.0126. The number of amides is 3. The molecule has 13 heteroatoms. The Morgan fingerprint density at radius 3 is 2.67 bits per heavy atom. The molecule has 1 aliphatic heterocycles. The number of carbonyl (C=O) groups is 5. The van der Waals surface area contributed by atoms with E-state index in [9.17, 15) is 24.0 Å². The molecule has 2 bridgehead atoms. The largest absolute Gasteiger partial charge is 0.456 e. The van der Waals surface area contributed by atoms with Gasteiger partial charge in [0.25, 0.3) is 11.8 Å². The maximum atomic E-state index is 13.2. The lowest BCUT2D eigenvalue weighted by Gasteiger charge is -2.21. The van der Waals surface area contributed by atoms with E-state index >= 15 is 0 Å². The van der Waals surface area contributed by atoms with Gasteiger partial charge in [0.15, 0.2) is 5.12 Å². The number of carbonyl (C=O) groups excluding carboxylic acids is 5. The number of fused-ring (bicyclic) bond motifs is 2. The highest BCUT2D eigenvalue weighted by molar-refractivity contribution is 8.13. The first-order valence-electron chi connectivity index (χ1n) is 14.3. The van der Waals surface area contributed by atoms with Crippen molar-refractivity contribution >= 4 is 63.7 Å². The summed E-state index contributed by atoms with van der Waals surface area (Å²) >= 11 is 4.01. The molecule has 2 atom stereocenters. The van der Waals surface area contributed by atoms with Crippen molar-refractivity contribution in [3.05, 3.63) is 40.0 Å². The summed E-state index contributed by atoms with van der Waals surface area (Å²) in [5.41, 5.74) is 0.108. The number of allylic oxidation sites excluding steroid dienone is 2. The number of rotatable bonds is 13. The van der Waals surface area contributed by atoms with Crippen LogP contribution in [0.15, 0.2) is 29.3 Å². The predicted molar refractivity (Wildman–Crippen MR) is 169 cm³/mol. The molecule has 2 rings (SSSR count). The van der Waals surface area contributed by atoms with E-state index in [4.69, 9.17) is 4.74 Å². The highest BCUT2D eigenvalue weighted by Gasteiger charge is 2.27. The molecule has 0 fully saturated rings. The molecule has 3 N–H and O–H groups in total. The Morgan fingerprint density at radius 1 is 1.14 bits per heavy atom. The minimum atomic E-state index is -0.986. The van der Waals surface area contributed by atoms with Gasteiger partial charge < -0.3 is 20.7 Å². The lowest BCUT2D eigenvalue weighted by molar-refractivity contribution is -0.151. The van der Waals surface area contributed by atoms with Gasteiger partial charge in [-0.2, -0.15) is 11.8 Å². The van der Waals surface area contributed by atoms with Gasteiger partial charge in [-0.1, -0.05) is 56.5 Å². The number of nitrogens with one attached hydrogen (secondary N) is 3. The van der Waals surface area contributed by atoms with Crippen molar-refractivity contribution in [3.63, 3.8) is 0 Å². The zero-order valence-electron chi connectivity index (χ0n) is 24.6. The Kier molecular flexibility index (Phi) is 17.2. The number of thiazole rings is 1. The molecule has 0 aliphatic carbocycles. The first kappa shape index (κ1) is 35.6. The summed E-state index contributed by atoms with van der Waals surface area (Å²) in [5.74, 6) is -1.08. The topological polar surface area (TPSA) is 144 Å². The number of esters is 1. The number of hydrogen-bond acceptors (Lipinski definition) is 10. The summed E-state index contributed by atoms with van der Waals surface area (Å²) in [7, 11) is 0. The van der Waals surface area contributed by atoms with Crippen LogP contribution >= 0.6 is 34.9 Å². The number of nitrogens with zero attached hydrogens (tertiary/aromatic N) is 1. The number of ether oxygens (including phenoxy) is 1. The second kappa shape index (κ2) is 20.3. The fourth-order valence-corrected chi connectivity index (χ4v) is 5.86. The van der Waals surface area contributed by atoms with Crippen molar-refractivity contribution < 1.29 is 28.7 Å². The van der Waals surface area contributed by atoms with E-state index in [1.807, 2.05) is 6.26 Å². The molecule has 1 aromatic heterocycles. The molecule has 232 valence electrons. The van der Waals surface area contributed by atoms with Crippen LogP contribution < -0.4 is 16.0 Å². The van der Waals surface area contributed by atoms with E-state index in [1.54, 1.807) is 24.5 Å². The first-order valence-corrected chi connectivity index (χ1v) is 17.5. The molecule has 1 aliphatic rings. The molecule has 0 spiro atoms. The first-order chi connectivity index (χ1) is 20.3. The van der Waals surface area contributed by atoms with Crippen LogP contribution in [-0.4, -0.2) is 63.7 Å². The van der Waals surface area contributed by atoms with Gasteiger partial charge >= 0.3 is 5.97 Å². The van der Waals surface area contributed by atoms with Crippen LogP contribution in [0, 0.1) is 0 Å². The van der Waals surface area contributed by atoms with Gasteiger partial charge in [-0.3, -0.25) is 19.2 Å². The van der Waals surface area contributed by atoms with E-state index in [2.05, 4.69) is 27.9 Å². The van der Waals surface area contributed by atoms with E-state index < -0.39 is 29.9 Å². The van der Waals surface area contributed by atoms with Crippen molar-refractivity contribution in [2.45, 2.75) is 90.3 Å². The second-order valence-electron chi connectivity index (χ2n) is 9.65. The van der Waals surface area contributed by atoms with Gasteiger partial charge in [-0.25, -0.2) is 9.78 Å². The number of thioether (sulfide) groups is 2. The summed E-state index contributed by atoms with van der Waals surface area (Å²) in [6.45, 7) is 3.87. The van der Waals surface area contributed by atoms with Gasteiger partial charge in [0.05, 0.1) is 13.0 Å². The normalized spacial score (nSPS) is 19.8. The molecule has 1 aromatic rings. The number of hydrogen-bond donors (Lipinski definition) is 3. The molecule has 0 unspecified atom stereocenters. The fraction of sp³-hybridized carbons (Fsp3) is 0.586. The molecule has 10 nitrogen and oxygen atoms in total. The zero-order valence-corrected chi connectivity index (χ0v) is 27.0. The minimum Gasteiger partial charge on any atom is -0.456 e. The van der Waals surface area contributed by atoms with Crippen LogP contribution in [0.4, 0.5) is 0 Å². The van der Waals surface area contributed by atoms with Crippen molar-refractivity contribution in [1.82, 2.24) is 20.9 Å². The van der Waals surface area contributed by atoms with Crippen molar-refractivity contribution in [1.29, 1.82) is 0 Å². The fourth-order valence-electron chi connectivity index (χ4n) is 3.91. The lowest BCUT2D eigenvalue weighted by Crippen LogP contribution is -2.46. The molecule has 0 saturated heterocycles. The Balaban J connectivity index is 2.10. The number of aromatic nitrogens is 1. The van der Waals surface area contributed by atoms with Crippen LogP contribution in [0.5, 0.6) is 0 Å². The summed E-state index contributed by atoms with van der Waals surface area (Å²) < 4.78 is 5.71. The Morgan fingerprint density at radius 2 is 1.93 bits per heavy atom. The third-order valence-corrected chi connectivity index (χ3v) is 8.70. The van der Waals surface area contributed by atoms with Crippen LogP contribution in [0.2, 0.25) is 0 Å². The standard InChI is InChI=1S/C29H42N4O6S3/c1-4-6-7-8-9-13-26(35)41-15-11-10-12-20-17-24(34)30-18-25-31-23(19-42-25)28(37)32-21(5-2)27(36)33-22(14-16-40-3)29(38)39-20/h5,10,12,19-20,22H,4,6-9,11,13-18H2,1-3H3,(H,30,34)(H,32,37)(H,33,36)/b12-10+,21-5-/t20-,22+/m1/s1. The van der Waals surface area contributed by atoms with Crippen molar-refractivity contribution in [2.75, 3.05) is 17.8 Å². The van der Waals surface area contributed by atoms with Gasteiger partial charge in [0.2, 0.25) is 5.91 Å². The highest BCUT2D eigenvalue weighted by atomic mass is 32.2. The average Bonchev–Trinajstić information content (AvgIpc) is 3.45. The smallest absolute Gasteiger partial charge is 0.329 e. The monoisotopic (exact) mass is 638 g/mol. The zero-order chi connectivity index (χ0) is 30.7. The van der Waals surface area contributed by atoms with Gasteiger partial charge in [-0.05, 0) is 44.3 Å². The van der Waals surface area contributed by atoms with Crippen LogP contribution in [0.1, 0.15) is 87.1 Å². The number of unbranched alkanes of at least 4 members (excludes halogenated alkanes) is 4.